The van der Waals surface area contributed by atoms with Crippen LogP contribution in [0, 0.1) is 0 Å². The minimum atomic E-state index is -0.623. The van der Waals surface area contributed by atoms with Crippen LogP contribution >= 0.6 is 11.3 Å². The van der Waals surface area contributed by atoms with Crippen LogP contribution in [-0.2, 0) is 19.1 Å². The summed E-state index contributed by atoms with van der Waals surface area (Å²) < 4.78 is 9.79. The van der Waals surface area contributed by atoms with Gasteiger partial charge in [-0.05, 0) is 40.6 Å². The number of benzene rings is 1. The number of nitrogens with zero attached hydrogens (tertiary/aromatic N) is 1. The molecule has 0 atom stereocenters. The Hall–Kier alpha value is -3.12. The van der Waals surface area contributed by atoms with Crippen molar-refractivity contribution in [3.8, 4) is 11.1 Å². The van der Waals surface area contributed by atoms with Gasteiger partial charge in [0.1, 0.15) is 5.70 Å². The molecule has 3 rings (SSSR count). The number of thiophene rings is 1. The number of allylic oxidation sites excluding steroid dienone is 2. The van der Waals surface area contributed by atoms with Crippen LogP contribution in [0.1, 0.15) is 0 Å². The van der Waals surface area contributed by atoms with Gasteiger partial charge in [-0.3, -0.25) is 0 Å². The molecule has 1 aromatic heterocycles. The SMILES string of the molecule is COC(=O)C1=C(C(=O)OC)N(c2ccccc2-c2ccsc2)C=CC=C1. The highest BCUT2D eigenvalue weighted by Gasteiger charge is 2.28. The summed E-state index contributed by atoms with van der Waals surface area (Å²) in [5, 5.41) is 4.02. The summed E-state index contributed by atoms with van der Waals surface area (Å²) in [6, 6.07) is 9.67. The smallest absolute Gasteiger partial charge is 0.355 e. The number of hydrogen-bond donors (Lipinski definition) is 0. The summed E-state index contributed by atoms with van der Waals surface area (Å²) in [5.41, 5.74) is 2.95. The number of para-hydroxylation sites is 1. The standard InChI is InChI=1S/C20H17NO4S/c1-24-19(22)16-8-5-6-11-21(18(16)20(23)25-2)17-9-4-3-7-15(17)14-10-12-26-13-14/h3-13H,1-2H3. The lowest BCUT2D eigenvalue weighted by molar-refractivity contribution is -0.139. The fraction of sp³-hybridized carbons (Fsp3) is 0.100. The van der Waals surface area contributed by atoms with E-state index in [1.54, 1.807) is 40.7 Å². The number of rotatable bonds is 4. The Morgan fingerprint density at radius 1 is 1.00 bits per heavy atom. The van der Waals surface area contributed by atoms with Gasteiger partial charge in [-0.25, -0.2) is 9.59 Å². The molecule has 132 valence electrons. The normalized spacial score (nSPS) is 13.5. The molecular weight excluding hydrogens is 350 g/mol. The largest absolute Gasteiger partial charge is 0.465 e. The molecule has 0 unspecified atom stereocenters. The van der Waals surface area contributed by atoms with Gasteiger partial charge >= 0.3 is 11.9 Å². The lowest BCUT2D eigenvalue weighted by atomic mass is 10.0. The van der Waals surface area contributed by atoms with E-state index in [0.29, 0.717) is 0 Å². The van der Waals surface area contributed by atoms with Crippen molar-refractivity contribution in [3.63, 3.8) is 0 Å². The second-order valence-electron chi connectivity index (χ2n) is 5.35. The van der Waals surface area contributed by atoms with Gasteiger partial charge in [0, 0.05) is 11.8 Å². The van der Waals surface area contributed by atoms with Crippen LogP contribution in [0.3, 0.4) is 0 Å². The maximum Gasteiger partial charge on any atom is 0.355 e. The van der Waals surface area contributed by atoms with Gasteiger partial charge in [-0.1, -0.05) is 24.3 Å². The van der Waals surface area contributed by atoms with Crippen molar-refractivity contribution in [2.24, 2.45) is 0 Å². The molecule has 1 aliphatic rings. The van der Waals surface area contributed by atoms with Crippen molar-refractivity contribution in [2.75, 3.05) is 19.1 Å². The summed E-state index contributed by atoms with van der Waals surface area (Å²) in [6.45, 7) is 0. The zero-order valence-corrected chi connectivity index (χ0v) is 15.2. The Morgan fingerprint density at radius 2 is 1.77 bits per heavy atom. The van der Waals surface area contributed by atoms with Gasteiger partial charge < -0.3 is 14.4 Å². The lowest BCUT2D eigenvalue weighted by Gasteiger charge is -2.25. The van der Waals surface area contributed by atoms with Gasteiger partial charge in [0.15, 0.2) is 0 Å². The molecule has 0 bridgehead atoms. The van der Waals surface area contributed by atoms with Crippen molar-refractivity contribution in [1.29, 1.82) is 0 Å². The third kappa shape index (κ3) is 3.32. The second kappa shape index (κ2) is 7.84. The Balaban J connectivity index is 2.23. The van der Waals surface area contributed by atoms with Crippen LogP contribution in [0.4, 0.5) is 5.69 Å². The molecule has 0 saturated carbocycles. The van der Waals surface area contributed by atoms with E-state index >= 15 is 0 Å². The molecule has 2 heterocycles. The second-order valence-corrected chi connectivity index (χ2v) is 6.13. The van der Waals surface area contributed by atoms with Crippen molar-refractivity contribution in [1.82, 2.24) is 0 Å². The van der Waals surface area contributed by atoms with Crippen LogP contribution in [0.25, 0.3) is 11.1 Å². The maximum absolute atomic E-state index is 12.5. The number of esters is 2. The van der Waals surface area contributed by atoms with E-state index in [-0.39, 0.29) is 11.3 Å². The van der Waals surface area contributed by atoms with E-state index in [9.17, 15) is 9.59 Å². The molecule has 0 radical (unpaired) electrons. The molecule has 2 aromatic rings. The fourth-order valence-corrected chi connectivity index (χ4v) is 3.35. The first-order valence-electron chi connectivity index (χ1n) is 7.84. The van der Waals surface area contributed by atoms with Crippen molar-refractivity contribution in [2.45, 2.75) is 0 Å². The summed E-state index contributed by atoms with van der Waals surface area (Å²) in [4.78, 5) is 26.4. The molecule has 1 aliphatic heterocycles. The van der Waals surface area contributed by atoms with Crippen molar-refractivity contribution < 1.29 is 19.1 Å². The first kappa shape index (κ1) is 17.7. The minimum absolute atomic E-state index is 0.104. The van der Waals surface area contributed by atoms with E-state index in [0.717, 1.165) is 16.8 Å². The van der Waals surface area contributed by atoms with Crippen molar-refractivity contribution in [3.05, 3.63) is 76.8 Å². The quantitative estimate of drug-likeness (QED) is 0.767. The molecular formula is C20H17NO4S. The molecule has 0 spiro atoms. The number of ether oxygens (including phenoxy) is 2. The average molecular weight is 367 g/mol. The number of methoxy groups -OCH3 is 2. The molecule has 6 heteroatoms. The molecule has 0 fully saturated rings. The Bertz CT molecular complexity index is 910. The molecule has 5 nitrogen and oxygen atoms in total. The molecule has 26 heavy (non-hydrogen) atoms. The third-order valence-electron chi connectivity index (χ3n) is 3.88. The van der Waals surface area contributed by atoms with Gasteiger partial charge in [-0.2, -0.15) is 11.3 Å². The fourth-order valence-electron chi connectivity index (χ4n) is 2.70. The predicted molar refractivity (Wildman–Crippen MR) is 102 cm³/mol. The highest BCUT2D eigenvalue weighted by Crippen LogP contribution is 2.36. The minimum Gasteiger partial charge on any atom is -0.465 e. The van der Waals surface area contributed by atoms with Crippen LogP contribution in [0.2, 0.25) is 0 Å². The first-order chi connectivity index (χ1) is 12.7. The summed E-state index contributed by atoms with van der Waals surface area (Å²) in [7, 11) is 2.56. The van der Waals surface area contributed by atoms with E-state index in [1.165, 1.54) is 14.2 Å². The molecule has 0 aliphatic carbocycles. The zero-order valence-electron chi connectivity index (χ0n) is 14.3. The average Bonchev–Trinajstić information content (AvgIpc) is 3.13. The van der Waals surface area contributed by atoms with E-state index < -0.39 is 11.9 Å². The highest BCUT2D eigenvalue weighted by molar-refractivity contribution is 7.08. The molecule has 0 amide bonds. The van der Waals surface area contributed by atoms with E-state index in [1.807, 2.05) is 41.1 Å². The van der Waals surface area contributed by atoms with E-state index in [2.05, 4.69) is 0 Å². The Labute approximate surface area is 155 Å². The maximum atomic E-state index is 12.5. The highest BCUT2D eigenvalue weighted by atomic mass is 32.1. The predicted octanol–water partition coefficient (Wildman–Crippen LogP) is 3.91. The monoisotopic (exact) mass is 367 g/mol. The third-order valence-corrected chi connectivity index (χ3v) is 4.57. The van der Waals surface area contributed by atoms with Crippen LogP contribution in [-0.4, -0.2) is 26.2 Å². The summed E-state index contributed by atoms with van der Waals surface area (Å²) in [6.07, 6.45) is 6.71. The van der Waals surface area contributed by atoms with Crippen LogP contribution < -0.4 is 4.90 Å². The number of hydrogen-bond acceptors (Lipinski definition) is 6. The molecule has 0 N–H and O–H groups in total. The zero-order chi connectivity index (χ0) is 18.5. The number of carbonyl (C=O) groups excluding carboxylic acids is 2. The van der Waals surface area contributed by atoms with Gasteiger partial charge in [-0.15, -0.1) is 0 Å². The molecule has 1 aromatic carbocycles. The van der Waals surface area contributed by atoms with Crippen LogP contribution in [0.5, 0.6) is 0 Å². The lowest BCUT2D eigenvalue weighted by Crippen LogP contribution is -2.27. The molecule has 0 saturated heterocycles. The topological polar surface area (TPSA) is 55.8 Å². The number of carbonyl (C=O) groups is 2. The summed E-state index contributed by atoms with van der Waals surface area (Å²) >= 11 is 1.59. The van der Waals surface area contributed by atoms with Crippen molar-refractivity contribution >= 4 is 29.0 Å². The van der Waals surface area contributed by atoms with Gasteiger partial charge in [0.05, 0.1) is 25.5 Å². The first-order valence-corrected chi connectivity index (χ1v) is 8.78. The Kier molecular flexibility index (Phi) is 5.34. The summed E-state index contributed by atoms with van der Waals surface area (Å²) in [5.74, 6) is -1.23. The van der Waals surface area contributed by atoms with Gasteiger partial charge in [0.25, 0.3) is 0 Å². The number of anilines is 1. The van der Waals surface area contributed by atoms with E-state index in [4.69, 9.17) is 9.47 Å². The Morgan fingerprint density at radius 3 is 2.46 bits per heavy atom. The van der Waals surface area contributed by atoms with Gasteiger partial charge in [0.2, 0.25) is 0 Å². The van der Waals surface area contributed by atoms with Crippen LogP contribution in [0.15, 0.2) is 76.8 Å².